The summed E-state index contributed by atoms with van der Waals surface area (Å²) in [6, 6.07) is 6.05. The van der Waals surface area contributed by atoms with Gasteiger partial charge in [0.05, 0.1) is 18.0 Å². The van der Waals surface area contributed by atoms with Gasteiger partial charge in [-0.2, -0.15) is 0 Å². The molecular weight excluding hydrogens is 292 g/mol. The van der Waals surface area contributed by atoms with Gasteiger partial charge in [-0.15, -0.1) is 0 Å². The number of aromatic nitrogens is 3. The fraction of sp³-hybridized carbons (Fsp3) is 0.133. The summed E-state index contributed by atoms with van der Waals surface area (Å²) < 4.78 is 27.7. The van der Waals surface area contributed by atoms with Crippen LogP contribution in [0.5, 0.6) is 0 Å². The lowest BCUT2D eigenvalue weighted by Gasteiger charge is -2.13. The van der Waals surface area contributed by atoms with Crippen molar-refractivity contribution >= 4 is 11.0 Å². The van der Waals surface area contributed by atoms with Crippen molar-refractivity contribution in [3.05, 3.63) is 70.4 Å². The van der Waals surface area contributed by atoms with Crippen molar-refractivity contribution in [3.63, 3.8) is 0 Å². The van der Waals surface area contributed by atoms with Gasteiger partial charge in [-0.1, -0.05) is 6.07 Å². The summed E-state index contributed by atoms with van der Waals surface area (Å²) in [5, 5.41) is 10.4. The summed E-state index contributed by atoms with van der Waals surface area (Å²) in [6.07, 6.45) is 1.46. The zero-order valence-corrected chi connectivity index (χ0v) is 11.3. The van der Waals surface area contributed by atoms with Crippen LogP contribution in [0.25, 0.3) is 11.0 Å². The van der Waals surface area contributed by atoms with Crippen LogP contribution in [0.3, 0.4) is 0 Å². The lowest BCUT2D eigenvalue weighted by atomic mass is 10.1. The number of nitrogens with zero attached hydrogens (tertiary/aromatic N) is 3. The Bertz CT molecular complexity index is 895. The largest absolute Gasteiger partial charge is 0.386 e. The number of hydrogen-bond donors (Lipinski definition) is 1. The van der Waals surface area contributed by atoms with Gasteiger partial charge in [0.2, 0.25) is 0 Å². The lowest BCUT2D eigenvalue weighted by molar-refractivity contribution is 0.150. The molecule has 3 aromatic rings. The molecular formula is C15H11F2N3O2. The molecule has 1 aromatic carbocycles. The zero-order valence-electron chi connectivity index (χ0n) is 11.3. The van der Waals surface area contributed by atoms with E-state index in [0.717, 1.165) is 16.7 Å². The van der Waals surface area contributed by atoms with Gasteiger partial charge >= 0.3 is 0 Å². The van der Waals surface area contributed by atoms with E-state index >= 15 is 0 Å². The molecule has 0 aliphatic heterocycles. The maximum atomic E-state index is 13.6. The standard InChI is InChI=1S/C15H11F2N3O2/c16-9-3-4-10(12(17)6-9)13(21)7-20-8-19-14-11(15(20)22)2-1-5-18-14/h1-6,8,13,21H,7H2. The van der Waals surface area contributed by atoms with E-state index in [4.69, 9.17) is 0 Å². The van der Waals surface area contributed by atoms with E-state index in [1.54, 1.807) is 12.1 Å². The number of aliphatic hydroxyl groups is 1. The molecule has 0 saturated carbocycles. The lowest BCUT2D eigenvalue weighted by Crippen LogP contribution is -2.24. The average Bonchev–Trinajstić information content (AvgIpc) is 2.50. The molecule has 22 heavy (non-hydrogen) atoms. The summed E-state index contributed by atoms with van der Waals surface area (Å²) in [7, 11) is 0. The van der Waals surface area contributed by atoms with Crippen LogP contribution in [0.4, 0.5) is 8.78 Å². The molecule has 7 heteroatoms. The Balaban J connectivity index is 1.96. The molecule has 1 atom stereocenters. The molecule has 0 spiro atoms. The van der Waals surface area contributed by atoms with Crippen molar-refractivity contribution in [1.82, 2.24) is 14.5 Å². The number of halogens is 2. The number of fused-ring (bicyclic) bond motifs is 1. The van der Waals surface area contributed by atoms with Gasteiger partial charge in [0, 0.05) is 17.8 Å². The highest BCUT2D eigenvalue weighted by molar-refractivity contribution is 5.72. The topological polar surface area (TPSA) is 68.0 Å². The molecule has 0 fully saturated rings. The third kappa shape index (κ3) is 2.58. The first-order chi connectivity index (χ1) is 10.6. The second-order valence-electron chi connectivity index (χ2n) is 4.76. The smallest absolute Gasteiger partial charge is 0.262 e. The molecule has 1 unspecified atom stereocenters. The van der Waals surface area contributed by atoms with Crippen molar-refractivity contribution in [3.8, 4) is 0 Å². The zero-order chi connectivity index (χ0) is 15.7. The van der Waals surface area contributed by atoms with Crippen LogP contribution in [0.15, 0.2) is 47.7 Å². The number of hydrogen-bond acceptors (Lipinski definition) is 4. The van der Waals surface area contributed by atoms with E-state index in [0.29, 0.717) is 17.1 Å². The molecule has 0 saturated heterocycles. The van der Waals surface area contributed by atoms with Crippen LogP contribution in [0.1, 0.15) is 11.7 Å². The summed E-state index contributed by atoms with van der Waals surface area (Å²) in [4.78, 5) is 20.2. The minimum atomic E-state index is -1.30. The molecule has 2 aromatic heterocycles. The van der Waals surface area contributed by atoms with E-state index in [1.807, 2.05) is 0 Å². The van der Waals surface area contributed by atoms with E-state index in [1.165, 1.54) is 12.5 Å². The monoisotopic (exact) mass is 303 g/mol. The first-order valence-corrected chi connectivity index (χ1v) is 6.49. The van der Waals surface area contributed by atoms with Gasteiger partial charge in [0.15, 0.2) is 5.65 Å². The van der Waals surface area contributed by atoms with Gasteiger partial charge < -0.3 is 5.11 Å². The Morgan fingerprint density at radius 2 is 2.05 bits per heavy atom. The van der Waals surface area contributed by atoms with Crippen LogP contribution in [-0.2, 0) is 6.54 Å². The van der Waals surface area contributed by atoms with Gasteiger partial charge in [-0.3, -0.25) is 9.36 Å². The quantitative estimate of drug-likeness (QED) is 0.801. The van der Waals surface area contributed by atoms with Crippen molar-refractivity contribution < 1.29 is 13.9 Å². The minimum Gasteiger partial charge on any atom is -0.386 e. The highest BCUT2D eigenvalue weighted by atomic mass is 19.1. The second-order valence-corrected chi connectivity index (χ2v) is 4.76. The Hall–Kier alpha value is -2.67. The molecule has 112 valence electrons. The van der Waals surface area contributed by atoms with Crippen LogP contribution in [0.2, 0.25) is 0 Å². The second kappa shape index (κ2) is 5.61. The molecule has 0 radical (unpaired) electrons. The number of rotatable bonds is 3. The number of aliphatic hydroxyl groups excluding tert-OH is 1. The molecule has 5 nitrogen and oxygen atoms in total. The number of pyridine rings is 1. The Morgan fingerprint density at radius 1 is 1.23 bits per heavy atom. The van der Waals surface area contributed by atoms with Gasteiger partial charge in [0.25, 0.3) is 5.56 Å². The molecule has 0 amide bonds. The van der Waals surface area contributed by atoms with Crippen molar-refractivity contribution in [1.29, 1.82) is 0 Å². The van der Waals surface area contributed by atoms with Crippen molar-refractivity contribution in [2.45, 2.75) is 12.6 Å². The fourth-order valence-corrected chi connectivity index (χ4v) is 2.18. The summed E-state index contributed by atoms with van der Waals surface area (Å²) in [5.74, 6) is -1.60. The summed E-state index contributed by atoms with van der Waals surface area (Å²) in [6.45, 7) is -0.195. The number of benzene rings is 1. The SMILES string of the molecule is O=c1c2cccnc2ncn1CC(O)c1ccc(F)cc1F. The van der Waals surface area contributed by atoms with E-state index in [-0.39, 0.29) is 17.7 Å². The molecule has 0 aliphatic rings. The normalized spacial score (nSPS) is 12.5. The molecule has 0 bridgehead atoms. The predicted molar refractivity (Wildman–Crippen MR) is 75.1 cm³/mol. The van der Waals surface area contributed by atoms with E-state index in [9.17, 15) is 18.7 Å². The van der Waals surface area contributed by atoms with Crippen molar-refractivity contribution in [2.24, 2.45) is 0 Å². The Morgan fingerprint density at radius 3 is 2.82 bits per heavy atom. The van der Waals surface area contributed by atoms with Gasteiger partial charge in [-0.05, 0) is 18.2 Å². The van der Waals surface area contributed by atoms with Crippen molar-refractivity contribution in [2.75, 3.05) is 0 Å². The van der Waals surface area contributed by atoms with E-state index < -0.39 is 17.7 Å². The van der Waals surface area contributed by atoms with Crippen LogP contribution in [0, 0.1) is 11.6 Å². The Labute approximate surface area is 123 Å². The van der Waals surface area contributed by atoms with Gasteiger partial charge in [0.1, 0.15) is 18.0 Å². The predicted octanol–water partition coefficient (Wildman–Crippen LogP) is 1.80. The van der Waals surface area contributed by atoms with Crippen LogP contribution < -0.4 is 5.56 Å². The third-order valence-corrected chi connectivity index (χ3v) is 3.29. The first-order valence-electron chi connectivity index (χ1n) is 6.49. The molecule has 0 aliphatic carbocycles. The first kappa shape index (κ1) is 14.3. The summed E-state index contributed by atoms with van der Waals surface area (Å²) in [5.41, 5.74) is -0.176. The third-order valence-electron chi connectivity index (χ3n) is 3.29. The van der Waals surface area contributed by atoms with E-state index in [2.05, 4.69) is 9.97 Å². The molecule has 2 heterocycles. The van der Waals surface area contributed by atoms with Crippen LogP contribution in [-0.4, -0.2) is 19.6 Å². The van der Waals surface area contributed by atoms with Gasteiger partial charge in [-0.25, -0.2) is 18.7 Å². The van der Waals surface area contributed by atoms with Crippen LogP contribution >= 0.6 is 0 Å². The maximum absolute atomic E-state index is 13.6. The highest BCUT2D eigenvalue weighted by Crippen LogP contribution is 2.19. The minimum absolute atomic E-state index is 0.0837. The Kier molecular flexibility index (Phi) is 3.64. The molecule has 1 N–H and O–H groups in total. The maximum Gasteiger partial charge on any atom is 0.262 e. The molecule has 3 rings (SSSR count). The summed E-state index contributed by atoms with van der Waals surface area (Å²) >= 11 is 0. The fourth-order valence-electron chi connectivity index (χ4n) is 2.18. The average molecular weight is 303 g/mol. The highest BCUT2D eigenvalue weighted by Gasteiger charge is 2.15.